The van der Waals surface area contributed by atoms with E-state index >= 15 is 0 Å². The Kier molecular flexibility index (Phi) is 6.06. The topological polar surface area (TPSA) is 74.2 Å². The normalized spacial score (nSPS) is 16.1. The average Bonchev–Trinajstić information content (AvgIpc) is 2.71. The van der Waals surface area contributed by atoms with Crippen LogP contribution in [0.2, 0.25) is 0 Å². The SMILES string of the molecule is COC(=O)c1ccc(/N=C2/CN(C)CCN2C)c(C(=O)Nc2ccccc2)c1. The Morgan fingerprint density at radius 1 is 1.07 bits per heavy atom. The van der Waals surface area contributed by atoms with Crippen molar-refractivity contribution in [2.45, 2.75) is 0 Å². The zero-order valence-corrected chi connectivity index (χ0v) is 16.3. The predicted octanol–water partition coefficient (Wildman–Crippen LogP) is 2.63. The van der Waals surface area contributed by atoms with Gasteiger partial charge in [-0.2, -0.15) is 0 Å². The van der Waals surface area contributed by atoms with Gasteiger partial charge in [0, 0.05) is 25.8 Å². The van der Waals surface area contributed by atoms with Gasteiger partial charge < -0.3 is 15.0 Å². The van der Waals surface area contributed by atoms with Crippen LogP contribution in [-0.2, 0) is 4.74 Å². The summed E-state index contributed by atoms with van der Waals surface area (Å²) in [5.41, 5.74) is 1.81. The summed E-state index contributed by atoms with van der Waals surface area (Å²) in [7, 11) is 5.33. The number of likely N-dealkylation sites (N-methyl/N-ethyl adjacent to an activating group) is 2. The molecule has 1 aliphatic heterocycles. The molecule has 2 aromatic rings. The molecule has 1 fully saturated rings. The molecule has 0 radical (unpaired) electrons. The first kappa shape index (κ1) is 19.6. The first-order valence-corrected chi connectivity index (χ1v) is 9.04. The number of ether oxygens (including phenoxy) is 1. The van der Waals surface area contributed by atoms with E-state index in [0.717, 1.165) is 18.9 Å². The second-order valence-corrected chi connectivity index (χ2v) is 6.73. The number of esters is 1. The molecule has 1 amide bonds. The second-order valence-electron chi connectivity index (χ2n) is 6.73. The molecule has 1 heterocycles. The van der Waals surface area contributed by atoms with Gasteiger partial charge in [0.25, 0.3) is 5.91 Å². The second kappa shape index (κ2) is 8.67. The molecule has 3 rings (SSSR count). The molecule has 1 aliphatic rings. The van der Waals surface area contributed by atoms with Gasteiger partial charge in [-0.3, -0.25) is 9.69 Å². The van der Waals surface area contributed by atoms with Crippen LogP contribution < -0.4 is 5.32 Å². The molecule has 1 saturated heterocycles. The summed E-state index contributed by atoms with van der Waals surface area (Å²) >= 11 is 0. The molecular weight excluding hydrogens is 356 g/mol. The van der Waals surface area contributed by atoms with E-state index in [1.165, 1.54) is 13.2 Å². The van der Waals surface area contributed by atoms with Gasteiger partial charge in [-0.25, -0.2) is 9.79 Å². The number of amides is 1. The van der Waals surface area contributed by atoms with Gasteiger partial charge in [0.2, 0.25) is 0 Å². The Bertz CT molecular complexity index is 896. The number of carbonyl (C=O) groups excluding carboxylic acids is 2. The van der Waals surface area contributed by atoms with E-state index in [4.69, 9.17) is 9.73 Å². The van der Waals surface area contributed by atoms with Gasteiger partial charge in [0.05, 0.1) is 30.5 Å². The van der Waals surface area contributed by atoms with Crippen molar-refractivity contribution in [1.29, 1.82) is 0 Å². The van der Waals surface area contributed by atoms with Crippen LogP contribution in [0.5, 0.6) is 0 Å². The average molecular weight is 380 g/mol. The molecule has 7 nitrogen and oxygen atoms in total. The molecule has 0 saturated carbocycles. The lowest BCUT2D eigenvalue weighted by molar-refractivity contribution is 0.0600. The Morgan fingerprint density at radius 3 is 2.54 bits per heavy atom. The van der Waals surface area contributed by atoms with E-state index < -0.39 is 5.97 Å². The molecule has 0 spiro atoms. The monoisotopic (exact) mass is 380 g/mol. The Morgan fingerprint density at radius 2 is 1.82 bits per heavy atom. The summed E-state index contributed by atoms with van der Waals surface area (Å²) < 4.78 is 4.79. The lowest BCUT2D eigenvalue weighted by Crippen LogP contribution is -2.46. The van der Waals surface area contributed by atoms with Crippen LogP contribution in [0.1, 0.15) is 20.7 Å². The van der Waals surface area contributed by atoms with Crippen LogP contribution in [0.3, 0.4) is 0 Å². The summed E-state index contributed by atoms with van der Waals surface area (Å²) in [4.78, 5) is 33.8. The summed E-state index contributed by atoms with van der Waals surface area (Å²) in [6, 6.07) is 14.0. The van der Waals surface area contributed by atoms with E-state index in [0.29, 0.717) is 29.0 Å². The van der Waals surface area contributed by atoms with Crippen LogP contribution in [-0.4, -0.2) is 68.4 Å². The minimum atomic E-state index is -0.498. The number of anilines is 1. The van der Waals surface area contributed by atoms with E-state index in [2.05, 4.69) is 15.1 Å². The number of benzene rings is 2. The van der Waals surface area contributed by atoms with Gasteiger partial charge in [0.15, 0.2) is 0 Å². The van der Waals surface area contributed by atoms with Gasteiger partial charge >= 0.3 is 5.97 Å². The number of aliphatic imine (C=N–C) groups is 1. The third-order valence-electron chi connectivity index (χ3n) is 4.61. The van der Waals surface area contributed by atoms with Crippen LogP contribution >= 0.6 is 0 Å². The van der Waals surface area contributed by atoms with Crippen molar-refractivity contribution in [2.24, 2.45) is 4.99 Å². The van der Waals surface area contributed by atoms with Crippen LogP contribution in [0.15, 0.2) is 53.5 Å². The molecule has 0 bridgehead atoms. The summed E-state index contributed by atoms with van der Waals surface area (Å²) in [6.07, 6.45) is 0. The number of methoxy groups -OCH3 is 1. The zero-order valence-electron chi connectivity index (χ0n) is 16.3. The number of amidine groups is 1. The Hall–Kier alpha value is -3.19. The van der Waals surface area contributed by atoms with Crippen molar-refractivity contribution in [3.63, 3.8) is 0 Å². The number of hydrogen-bond donors (Lipinski definition) is 1. The Labute approximate surface area is 164 Å². The standard InChI is InChI=1S/C21H24N4O3/c1-24-11-12-25(2)19(14-24)23-18-10-9-15(21(27)28-3)13-17(18)20(26)22-16-7-5-4-6-8-16/h4-10,13H,11-12,14H2,1-3H3,(H,22,26)/b23-19-. The maximum Gasteiger partial charge on any atom is 0.337 e. The molecule has 1 N–H and O–H groups in total. The van der Waals surface area contributed by atoms with Gasteiger partial charge in [-0.1, -0.05) is 18.2 Å². The zero-order chi connectivity index (χ0) is 20.1. The van der Waals surface area contributed by atoms with Crippen molar-refractivity contribution in [3.05, 3.63) is 59.7 Å². The third-order valence-corrected chi connectivity index (χ3v) is 4.61. The number of nitrogens with one attached hydrogen (secondary N) is 1. The van der Waals surface area contributed by atoms with Crippen molar-refractivity contribution >= 4 is 29.1 Å². The van der Waals surface area contributed by atoms with Crippen molar-refractivity contribution < 1.29 is 14.3 Å². The molecule has 2 aromatic carbocycles. The summed E-state index contributed by atoms with van der Waals surface area (Å²) in [6.45, 7) is 2.51. The number of carbonyl (C=O) groups is 2. The predicted molar refractivity (Wildman–Crippen MR) is 109 cm³/mol. The Balaban J connectivity index is 1.99. The highest BCUT2D eigenvalue weighted by molar-refractivity contribution is 6.09. The molecule has 146 valence electrons. The molecule has 0 aromatic heterocycles. The quantitative estimate of drug-likeness (QED) is 0.826. The van der Waals surface area contributed by atoms with Crippen LogP contribution in [0.4, 0.5) is 11.4 Å². The van der Waals surface area contributed by atoms with Gasteiger partial charge in [-0.15, -0.1) is 0 Å². The highest BCUT2D eigenvalue weighted by atomic mass is 16.5. The fraction of sp³-hybridized carbons (Fsp3) is 0.286. The molecule has 28 heavy (non-hydrogen) atoms. The number of piperazine rings is 1. The fourth-order valence-electron chi connectivity index (χ4n) is 2.93. The molecule has 0 unspecified atom stereocenters. The summed E-state index contributed by atoms with van der Waals surface area (Å²) in [5, 5.41) is 2.86. The van der Waals surface area contributed by atoms with E-state index in [9.17, 15) is 9.59 Å². The molecule has 7 heteroatoms. The maximum absolute atomic E-state index is 12.9. The number of hydrogen-bond acceptors (Lipinski definition) is 5. The van der Waals surface area contributed by atoms with Crippen molar-refractivity contribution in [3.8, 4) is 0 Å². The third kappa shape index (κ3) is 4.55. The minimum absolute atomic E-state index is 0.304. The largest absolute Gasteiger partial charge is 0.465 e. The first-order chi connectivity index (χ1) is 13.5. The van der Waals surface area contributed by atoms with Crippen LogP contribution in [0, 0.1) is 0 Å². The van der Waals surface area contributed by atoms with Crippen molar-refractivity contribution in [2.75, 3.05) is 46.2 Å². The lowest BCUT2D eigenvalue weighted by Gasteiger charge is -2.32. The first-order valence-electron chi connectivity index (χ1n) is 9.04. The van der Waals surface area contributed by atoms with Crippen LogP contribution in [0.25, 0.3) is 0 Å². The van der Waals surface area contributed by atoms with E-state index in [1.807, 2.05) is 32.3 Å². The van der Waals surface area contributed by atoms with Gasteiger partial charge in [0.1, 0.15) is 5.84 Å². The smallest absolute Gasteiger partial charge is 0.337 e. The lowest BCUT2D eigenvalue weighted by atomic mass is 10.1. The number of nitrogens with zero attached hydrogens (tertiary/aromatic N) is 3. The van der Waals surface area contributed by atoms with Crippen molar-refractivity contribution in [1.82, 2.24) is 9.80 Å². The minimum Gasteiger partial charge on any atom is -0.465 e. The number of para-hydroxylation sites is 1. The maximum atomic E-state index is 12.9. The highest BCUT2D eigenvalue weighted by Gasteiger charge is 2.20. The molecular formula is C21H24N4O3. The van der Waals surface area contributed by atoms with E-state index in [1.54, 1.807) is 24.3 Å². The molecule has 0 atom stereocenters. The fourth-order valence-corrected chi connectivity index (χ4v) is 2.93. The van der Waals surface area contributed by atoms with Gasteiger partial charge in [-0.05, 0) is 37.4 Å². The summed E-state index contributed by atoms with van der Waals surface area (Å²) in [5.74, 6) is 0.0407. The van der Waals surface area contributed by atoms with E-state index in [-0.39, 0.29) is 5.91 Å². The molecule has 0 aliphatic carbocycles. The highest BCUT2D eigenvalue weighted by Crippen LogP contribution is 2.24. The number of rotatable bonds is 4.